The zero-order valence-electron chi connectivity index (χ0n) is 23.7. The van der Waals surface area contributed by atoms with Crippen LogP contribution in [0.2, 0.25) is 0 Å². The summed E-state index contributed by atoms with van der Waals surface area (Å²) in [7, 11) is 0. The second-order valence-electron chi connectivity index (χ2n) is 10.6. The molecule has 18 heteroatoms. The molecule has 0 aliphatic carbocycles. The van der Waals surface area contributed by atoms with Crippen LogP contribution < -0.4 is 16.4 Å². The Morgan fingerprint density at radius 3 is 1.09 bits per heavy atom. The Hall–Kier alpha value is -4.12. The van der Waals surface area contributed by atoms with E-state index < -0.39 is 122 Å². The normalized spacial score (nSPS) is 12.0. The van der Waals surface area contributed by atoms with Gasteiger partial charge in [0.05, 0.1) is 6.33 Å². The van der Waals surface area contributed by atoms with Crippen LogP contribution in [0.1, 0.15) is 51.1 Å². The molecule has 3 aromatic carbocycles. The van der Waals surface area contributed by atoms with E-state index in [-0.39, 0.29) is 17.2 Å². The van der Waals surface area contributed by atoms with Crippen LogP contribution in [0.15, 0.2) is 12.5 Å². The van der Waals surface area contributed by atoms with Gasteiger partial charge in [-0.05, 0) is 18.5 Å². The summed E-state index contributed by atoms with van der Waals surface area (Å²) in [5.41, 5.74) is -8.75. The minimum atomic E-state index is -5.89. The van der Waals surface area contributed by atoms with E-state index in [0.717, 1.165) is 12.8 Å². The van der Waals surface area contributed by atoms with Crippen LogP contribution in [0.3, 0.4) is 0 Å². The quantitative estimate of drug-likeness (QED) is 0.0528. The van der Waals surface area contributed by atoms with Crippen LogP contribution in [-0.2, 0) is 6.42 Å². The summed E-state index contributed by atoms with van der Waals surface area (Å²) in [5.74, 6) is -45.6. The standard InChI is InChI=1S/C29H19BF15N2/c1-2-3-4-5-6-7-8-11-9-46-10-47(11)30(12-15(31)21(37)27(43)22(38)16(12)32,13-17(33)23(39)28(44)24(40)18(13)34)14-19(35)25(41)29(45)26(42)20(14)36/h9-10H,2-8H2,1H3/q-1. The molecule has 0 fully saturated rings. The maximum absolute atomic E-state index is 15.8. The van der Waals surface area contributed by atoms with Gasteiger partial charge in [0.25, 0.3) is 0 Å². The average Bonchev–Trinajstić information content (AvgIpc) is 3.53. The van der Waals surface area contributed by atoms with Crippen LogP contribution in [-0.4, -0.2) is 15.7 Å². The van der Waals surface area contributed by atoms with Crippen LogP contribution in [0.5, 0.6) is 0 Å². The number of rotatable bonds is 11. The van der Waals surface area contributed by atoms with Crippen molar-refractivity contribution in [1.82, 2.24) is 9.46 Å². The van der Waals surface area contributed by atoms with Gasteiger partial charge < -0.3 is 4.48 Å². The maximum atomic E-state index is 15.8. The van der Waals surface area contributed by atoms with Gasteiger partial charge in [0.15, 0.2) is 58.6 Å². The first kappa shape index (κ1) is 35.7. The molecule has 0 spiro atoms. The van der Waals surface area contributed by atoms with Crippen molar-refractivity contribution in [3.8, 4) is 0 Å². The van der Waals surface area contributed by atoms with E-state index in [9.17, 15) is 39.5 Å². The number of hydrogen-bond acceptors (Lipinski definition) is 1. The fourth-order valence-corrected chi connectivity index (χ4v) is 5.78. The van der Waals surface area contributed by atoms with Gasteiger partial charge in [-0.1, -0.05) is 39.0 Å². The fourth-order valence-electron chi connectivity index (χ4n) is 5.78. The fraction of sp³-hybridized carbons (Fsp3) is 0.276. The van der Waals surface area contributed by atoms with E-state index in [1.54, 1.807) is 0 Å². The number of aromatic nitrogens is 2. The molecule has 254 valence electrons. The minimum absolute atomic E-state index is 0.00683. The van der Waals surface area contributed by atoms with Crippen LogP contribution >= 0.6 is 0 Å². The summed E-state index contributed by atoms with van der Waals surface area (Å²) >= 11 is 0. The van der Waals surface area contributed by atoms with Gasteiger partial charge in [0, 0.05) is 6.20 Å². The molecule has 0 unspecified atom stereocenters. The number of aryl methyl sites for hydroxylation is 1. The van der Waals surface area contributed by atoms with Gasteiger partial charge in [0.1, 0.15) is 34.9 Å². The molecular formula is C29H19BF15N2-. The minimum Gasteiger partial charge on any atom is -0.497 e. The Labute approximate surface area is 255 Å². The highest BCUT2D eigenvalue weighted by Gasteiger charge is 2.50. The maximum Gasteiger partial charge on any atom is 0.200 e. The van der Waals surface area contributed by atoms with Crippen LogP contribution in [0.25, 0.3) is 0 Å². The summed E-state index contributed by atoms with van der Waals surface area (Å²) in [6, 6.07) is 0. The third kappa shape index (κ3) is 5.52. The number of imidazole rings is 1. The predicted octanol–water partition coefficient (Wildman–Crippen LogP) is 7.39. The van der Waals surface area contributed by atoms with Crippen molar-refractivity contribution >= 4 is 22.7 Å². The summed E-state index contributed by atoms with van der Waals surface area (Å²) in [5, 5.41) is 0. The largest absolute Gasteiger partial charge is 0.497 e. The second-order valence-corrected chi connectivity index (χ2v) is 10.6. The lowest BCUT2D eigenvalue weighted by molar-refractivity contribution is 0.379. The van der Waals surface area contributed by atoms with E-state index in [1.165, 1.54) is 0 Å². The Balaban J connectivity index is 2.34. The molecule has 0 saturated carbocycles. The molecule has 47 heavy (non-hydrogen) atoms. The van der Waals surface area contributed by atoms with Crippen molar-refractivity contribution in [1.29, 1.82) is 0 Å². The van der Waals surface area contributed by atoms with E-state index >= 15 is 26.3 Å². The molecule has 4 rings (SSSR count). The van der Waals surface area contributed by atoms with Gasteiger partial charge in [-0.15, -0.1) is 16.4 Å². The van der Waals surface area contributed by atoms with Gasteiger partial charge in [-0.2, -0.15) is 0 Å². The van der Waals surface area contributed by atoms with Crippen LogP contribution in [0.4, 0.5) is 65.9 Å². The number of nitrogens with zero attached hydrogens (tertiary/aromatic N) is 2. The molecule has 0 bridgehead atoms. The van der Waals surface area contributed by atoms with E-state index in [4.69, 9.17) is 0 Å². The average molecular weight is 691 g/mol. The zero-order valence-corrected chi connectivity index (χ0v) is 23.7. The van der Waals surface area contributed by atoms with Gasteiger partial charge in [-0.3, -0.25) is 0 Å². The first-order valence-electron chi connectivity index (χ1n) is 13.8. The highest BCUT2D eigenvalue weighted by atomic mass is 19.2. The molecule has 0 N–H and O–H groups in total. The Bertz CT molecular complexity index is 1600. The Morgan fingerprint density at radius 2 is 0.745 bits per heavy atom. The molecule has 1 aromatic heterocycles. The predicted molar refractivity (Wildman–Crippen MR) is 138 cm³/mol. The molecule has 0 atom stereocenters. The third-order valence-electron chi connectivity index (χ3n) is 7.93. The Morgan fingerprint density at radius 1 is 0.447 bits per heavy atom. The van der Waals surface area contributed by atoms with Crippen molar-refractivity contribution in [2.75, 3.05) is 0 Å². The number of halogens is 15. The Kier molecular flexibility index (Phi) is 10.3. The monoisotopic (exact) mass is 691 g/mol. The lowest BCUT2D eigenvalue weighted by Gasteiger charge is -2.46. The first-order valence-corrected chi connectivity index (χ1v) is 13.8. The molecular weight excluding hydrogens is 672 g/mol. The molecule has 1 heterocycles. The highest BCUT2D eigenvalue weighted by molar-refractivity contribution is 7.10. The molecule has 0 saturated heterocycles. The summed E-state index contributed by atoms with van der Waals surface area (Å²) < 4.78 is 225. The SMILES string of the molecule is CCCCCCCCc1cncn1[B-](c1c(F)c(F)c(F)c(F)c1F)(c1c(F)c(F)c(F)c(F)c1F)c1c(F)c(F)c(F)c(F)c1F. The van der Waals surface area contributed by atoms with Crippen molar-refractivity contribution in [2.24, 2.45) is 0 Å². The molecule has 2 nitrogen and oxygen atoms in total. The summed E-state index contributed by atoms with van der Waals surface area (Å²) in [4.78, 5) is 3.52. The van der Waals surface area contributed by atoms with Crippen LogP contribution in [0, 0.1) is 87.3 Å². The third-order valence-corrected chi connectivity index (χ3v) is 7.93. The van der Waals surface area contributed by atoms with Crippen molar-refractivity contribution in [3.05, 3.63) is 105 Å². The van der Waals surface area contributed by atoms with Gasteiger partial charge in [-0.25, -0.2) is 70.8 Å². The van der Waals surface area contributed by atoms with E-state index in [2.05, 4.69) is 4.98 Å². The summed E-state index contributed by atoms with van der Waals surface area (Å²) in [6.07, 6.45) is -2.36. The van der Waals surface area contributed by atoms with E-state index in [0.29, 0.717) is 25.5 Å². The zero-order chi connectivity index (χ0) is 35.1. The number of unbranched alkanes of at least 4 members (excludes halogenated alkanes) is 5. The molecule has 0 aliphatic heterocycles. The molecule has 4 aromatic rings. The van der Waals surface area contributed by atoms with Crippen molar-refractivity contribution < 1.29 is 65.9 Å². The number of hydrogen-bond donors (Lipinski definition) is 0. The number of benzene rings is 3. The topological polar surface area (TPSA) is 17.8 Å². The highest BCUT2D eigenvalue weighted by Crippen LogP contribution is 2.30. The van der Waals surface area contributed by atoms with Gasteiger partial charge in [0.2, 0.25) is 0 Å². The van der Waals surface area contributed by atoms with Crippen molar-refractivity contribution in [2.45, 2.75) is 51.9 Å². The first-order chi connectivity index (χ1) is 22.1. The lowest BCUT2D eigenvalue weighted by Crippen LogP contribution is -2.77. The molecule has 0 amide bonds. The second kappa shape index (κ2) is 13.5. The van der Waals surface area contributed by atoms with Gasteiger partial charge >= 0.3 is 0 Å². The summed E-state index contributed by atoms with van der Waals surface area (Å²) in [6.45, 7) is 1.89. The lowest BCUT2D eigenvalue weighted by atomic mass is 9.23. The smallest absolute Gasteiger partial charge is 0.200 e. The molecule has 0 aliphatic rings. The van der Waals surface area contributed by atoms with Crippen molar-refractivity contribution in [3.63, 3.8) is 0 Å². The molecule has 0 radical (unpaired) electrons. The van der Waals surface area contributed by atoms with E-state index in [1.807, 2.05) is 6.92 Å².